The normalized spacial score (nSPS) is 10.6. The lowest BCUT2D eigenvalue weighted by atomic mass is 10.0. The number of hydrogen-bond acceptors (Lipinski definition) is 1. The lowest BCUT2D eigenvalue weighted by Gasteiger charge is -2.11. The van der Waals surface area contributed by atoms with E-state index in [1.54, 1.807) is 6.07 Å². The molecule has 2 rings (SSSR count). The predicted octanol–water partition coefficient (Wildman–Crippen LogP) is 4.58. The number of amides is 2. The van der Waals surface area contributed by atoms with Crippen LogP contribution in [-0.2, 0) is 6.54 Å². The Labute approximate surface area is 130 Å². The molecule has 2 aromatic rings. The minimum absolute atomic E-state index is 0.291. The van der Waals surface area contributed by atoms with E-state index < -0.39 is 0 Å². The average molecular weight is 300 g/mol. The summed E-state index contributed by atoms with van der Waals surface area (Å²) in [5.41, 5.74) is 3.67. The molecule has 0 spiro atoms. The monoisotopic (exact) mass is 300 g/mol. The van der Waals surface area contributed by atoms with Crippen molar-refractivity contribution in [2.75, 3.05) is 5.32 Å². The Balaban J connectivity index is 1.91. The number of carbonyl (C=O) groups excluding carboxylic acids is 1. The number of nitrogens with one attached hydrogen (secondary N) is 2. The first-order valence-electron chi connectivity index (χ1n) is 7.35. The first kappa shape index (κ1) is 16.0. The topological polar surface area (TPSA) is 41.1 Å². The molecule has 116 valence electrons. The van der Waals surface area contributed by atoms with E-state index in [-0.39, 0.29) is 11.8 Å². The summed E-state index contributed by atoms with van der Waals surface area (Å²) >= 11 is 0. The fraction of sp³-hybridized carbons (Fsp3) is 0.278. The van der Waals surface area contributed by atoms with E-state index in [9.17, 15) is 9.18 Å². The van der Waals surface area contributed by atoms with Crippen molar-refractivity contribution < 1.29 is 9.18 Å². The molecule has 0 aromatic heterocycles. The molecule has 0 radical (unpaired) electrons. The van der Waals surface area contributed by atoms with E-state index in [0.717, 1.165) is 16.8 Å². The lowest BCUT2D eigenvalue weighted by Crippen LogP contribution is -2.28. The van der Waals surface area contributed by atoms with Gasteiger partial charge in [0.05, 0.1) is 0 Å². The van der Waals surface area contributed by atoms with Crippen LogP contribution in [0.15, 0.2) is 42.5 Å². The number of hydrogen-bond donors (Lipinski definition) is 2. The van der Waals surface area contributed by atoms with Crippen molar-refractivity contribution in [2.24, 2.45) is 0 Å². The summed E-state index contributed by atoms with van der Waals surface area (Å²) in [6, 6.07) is 12.0. The minimum Gasteiger partial charge on any atom is -0.334 e. The second-order valence-electron chi connectivity index (χ2n) is 5.66. The van der Waals surface area contributed by atoms with Crippen LogP contribution in [0.3, 0.4) is 0 Å². The Morgan fingerprint density at radius 2 is 1.82 bits per heavy atom. The van der Waals surface area contributed by atoms with Crippen LogP contribution in [0.5, 0.6) is 0 Å². The van der Waals surface area contributed by atoms with Gasteiger partial charge < -0.3 is 10.6 Å². The third-order valence-corrected chi connectivity index (χ3v) is 3.59. The maximum atomic E-state index is 13.2. The van der Waals surface area contributed by atoms with E-state index in [1.807, 2.05) is 31.2 Å². The zero-order valence-corrected chi connectivity index (χ0v) is 13.1. The molecule has 0 heterocycles. The highest BCUT2D eigenvalue weighted by Crippen LogP contribution is 2.17. The highest BCUT2D eigenvalue weighted by atomic mass is 19.1. The van der Waals surface area contributed by atoms with Gasteiger partial charge in [-0.3, -0.25) is 0 Å². The summed E-state index contributed by atoms with van der Waals surface area (Å²) in [6.45, 7) is 6.42. The van der Waals surface area contributed by atoms with Crippen LogP contribution in [-0.4, -0.2) is 6.03 Å². The number of carbonyl (C=O) groups is 1. The Kier molecular flexibility index (Phi) is 5.15. The summed E-state index contributed by atoms with van der Waals surface area (Å²) < 4.78 is 13.2. The standard InChI is InChI=1S/C18H21FN2O/c1-12(2)14-5-8-17(9-6-14)21-18(22)20-11-15-10-16(19)7-4-13(15)3/h4-10,12H,11H2,1-3H3,(H2,20,21,22). The van der Waals surface area contributed by atoms with E-state index >= 15 is 0 Å². The molecule has 3 nitrogen and oxygen atoms in total. The number of anilines is 1. The molecule has 2 aromatic carbocycles. The van der Waals surface area contributed by atoms with Gasteiger partial charge in [-0.05, 0) is 53.8 Å². The van der Waals surface area contributed by atoms with Gasteiger partial charge in [0.1, 0.15) is 5.82 Å². The van der Waals surface area contributed by atoms with Gasteiger partial charge in [0.2, 0.25) is 0 Å². The third-order valence-electron chi connectivity index (χ3n) is 3.59. The van der Waals surface area contributed by atoms with Crippen molar-refractivity contribution in [3.8, 4) is 0 Å². The first-order valence-corrected chi connectivity index (χ1v) is 7.35. The van der Waals surface area contributed by atoms with Crippen molar-refractivity contribution in [1.29, 1.82) is 0 Å². The molecule has 0 atom stereocenters. The van der Waals surface area contributed by atoms with Crippen molar-refractivity contribution in [3.05, 3.63) is 65.0 Å². The van der Waals surface area contributed by atoms with Gasteiger partial charge in [-0.15, -0.1) is 0 Å². The summed E-state index contributed by atoms with van der Waals surface area (Å²) in [7, 11) is 0. The molecule has 0 fully saturated rings. The molecule has 0 bridgehead atoms. The molecule has 0 aliphatic carbocycles. The Morgan fingerprint density at radius 3 is 2.45 bits per heavy atom. The fourth-order valence-electron chi connectivity index (χ4n) is 2.13. The molecule has 4 heteroatoms. The molecule has 2 N–H and O–H groups in total. The van der Waals surface area contributed by atoms with Gasteiger partial charge in [0.15, 0.2) is 0 Å². The van der Waals surface area contributed by atoms with E-state index in [1.165, 1.54) is 17.7 Å². The maximum Gasteiger partial charge on any atom is 0.319 e. The van der Waals surface area contributed by atoms with Crippen LogP contribution in [0.4, 0.5) is 14.9 Å². The molecular weight excluding hydrogens is 279 g/mol. The minimum atomic E-state index is -0.305. The molecule has 0 aliphatic rings. The zero-order valence-electron chi connectivity index (χ0n) is 13.1. The first-order chi connectivity index (χ1) is 10.5. The van der Waals surface area contributed by atoms with Crippen molar-refractivity contribution >= 4 is 11.7 Å². The molecule has 0 saturated heterocycles. The van der Waals surface area contributed by atoms with Crippen LogP contribution in [0, 0.1) is 12.7 Å². The van der Waals surface area contributed by atoms with Gasteiger partial charge in [-0.2, -0.15) is 0 Å². The van der Waals surface area contributed by atoms with Gasteiger partial charge in [-0.1, -0.05) is 32.0 Å². The number of benzene rings is 2. The highest BCUT2D eigenvalue weighted by molar-refractivity contribution is 5.89. The van der Waals surface area contributed by atoms with Gasteiger partial charge in [-0.25, -0.2) is 9.18 Å². The molecule has 0 unspecified atom stereocenters. The molecular formula is C18H21FN2O. The average Bonchev–Trinajstić information content (AvgIpc) is 2.49. The second-order valence-corrected chi connectivity index (χ2v) is 5.66. The van der Waals surface area contributed by atoms with E-state index in [0.29, 0.717) is 12.5 Å². The second kappa shape index (κ2) is 7.07. The van der Waals surface area contributed by atoms with Crippen LogP contribution in [0.1, 0.15) is 36.5 Å². The number of rotatable bonds is 4. The quantitative estimate of drug-likeness (QED) is 0.852. The van der Waals surface area contributed by atoms with Crippen molar-refractivity contribution in [3.63, 3.8) is 0 Å². The molecule has 2 amide bonds. The predicted molar refractivity (Wildman–Crippen MR) is 87.5 cm³/mol. The van der Waals surface area contributed by atoms with E-state index in [2.05, 4.69) is 24.5 Å². The Hall–Kier alpha value is -2.36. The summed E-state index contributed by atoms with van der Waals surface area (Å²) in [4.78, 5) is 11.9. The van der Waals surface area contributed by atoms with Crippen molar-refractivity contribution in [2.45, 2.75) is 33.2 Å². The third kappa shape index (κ3) is 4.32. The number of halogens is 1. The summed E-state index contributed by atoms with van der Waals surface area (Å²) in [5, 5.41) is 5.50. The zero-order chi connectivity index (χ0) is 16.1. The van der Waals surface area contributed by atoms with Crippen LogP contribution < -0.4 is 10.6 Å². The van der Waals surface area contributed by atoms with Crippen LogP contribution in [0.25, 0.3) is 0 Å². The van der Waals surface area contributed by atoms with Gasteiger partial charge in [0.25, 0.3) is 0 Å². The van der Waals surface area contributed by atoms with E-state index in [4.69, 9.17) is 0 Å². The van der Waals surface area contributed by atoms with Gasteiger partial charge in [0, 0.05) is 12.2 Å². The summed E-state index contributed by atoms with van der Waals surface area (Å²) in [5.74, 6) is 0.158. The lowest BCUT2D eigenvalue weighted by molar-refractivity contribution is 0.251. The SMILES string of the molecule is Cc1ccc(F)cc1CNC(=O)Nc1ccc(C(C)C)cc1. The molecule has 22 heavy (non-hydrogen) atoms. The maximum absolute atomic E-state index is 13.2. The summed E-state index contributed by atoms with van der Waals surface area (Å²) in [6.07, 6.45) is 0. The molecule has 0 aliphatic heterocycles. The Morgan fingerprint density at radius 1 is 1.14 bits per heavy atom. The van der Waals surface area contributed by atoms with Crippen LogP contribution >= 0.6 is 0 Å². The number of urea groups is 1. The fourth-order valence-corrected chi connectivity index (χ4v) is 2.13. The Bertz CT molecular complexity index is 651. The van der Waals surface area contributed by atoms with Crippen molar-refractivity contribution in [1.82, 2.24) is 5.32 Å². The van der Waals surface area contributed by atoms with Crippen LogP contribution in [0.2, 0.25) is 0 Å². The highest BCUT2D eigenvalue weighted by Gasteiger charge is 2.05. The largest absolute Gasteiger partial charge is 0.334 e. The van der Waals surface area contributed by atoms with Gasteiger partial charge >= 0.3 is 6.03 Å². The molecule has 0 saturated carbocycles. The number of aryl methyl sites for hydroxylation is 1. The smallest absolute Gasteiger partial charge is 0.319 e.